The van der Waals surface area contributed by atoms with E-state index in [1.807, 2.05) is 38.4 Å². The molecule has 0 radical (unpaired) electrons. The fourth-order valence-corrected chi connectivity index (χ4v) is 3.50. The summed E-state index contributed by atoms with van der Waals surface area (Å²) in [6.07, 6.45) is 5.67. The number of ether oxygens (including phenoxy) is 3. The molecular weight excluding hydrogens is 410 g/mol. The Bertz CT molecular complexity index is 687. The molecule has 8 heteroatoms. The van der Waals surface area contributed by atoms with Crippen molar-refractivity contribution in [1.29, 1.82) is 0 Å². The molecular formula is C24H39N3O5. The van der Waals surface area contributed by atoms with Crippen LogP contribution in [0.1, 0.15) is 51.0 Å². The summed E-state index contributed by atoms with van der Waals surface area (Å²) in [4.78, 5) is 26.4. The highest BCUT2D eigenvalue weighted by Crippen LogP contribution is 2.26. The number of aryl methyl sites for hydroxylation is 1. The van der Waals surface area contributed by atoms with E-state index >= 15 is 0 Å². The van der Waals surface area contributed by atoms with Gasteiger partial charge in [0.15, 0.2) is 0 Å². The number of nitrogens with one attached hydrogen (secondary N) is 2. The SMILES string of the molecule is CCCCc1ccc(NC(=O)OCC2(COC(=O)NCCCN(C)C)CCCCO2)cc1. The lowest BCUT2D eigenvalue weighted by molar-refractivity contribution is -0.133. The van der Waals surface area contributed by atoms with Crippen LogP contribution in [0.25, 0.3) is 0 Å². The first-order valence-corrected chi connectivity index (χ1v) is 11.6. The van der Waals surface area contributed by atoms with Gasteiger partial charge in [0.2, 0.25) is 0 Å². The summed E-state index contributed by atoms with van der Waals surface area (Å²) >= 11 is 0. The van der Waals surface area contributed by atoms with Crippen LogP contribution in [0.3, 0.4) is 0 Å². The molecule has 1 heterocycles. The first-order valence-electron chi connectivity index (χ1n) is 11.6. The monoisotopic (exact) mass is 449 g/mol. The number of hydrogen-bond donors (Lipinski definition) is 2. The van der Waals surface area contributed by atoms with Crippen LogP contribution < -0.4 is 10.6 Å². The van der Waals surface area contributed by atoms with Gasteiger partial charge in [-0.2, -0.15) is 0 Å². The van der Waals surface area contributed by atoms with E-state index in [2.05, 4.69) is 22.5 Å². The lowest BCUT2D eigenvalue weighted by Gasteiger charge is -2.36. The third-order valence-electron chi connectivity index (χ3n) is 5.44. The molecule has 1 saturated heterocycles. The molecule has 32 heavy (non-hydrogen) atoms. The highest BCUT2D eigenvalue weighted by atomic mass is 16.6. The van der Waals surface area contributed by atoms with Crippen LogP contribution in [-0.4, -0.2) is 69.7 Å². The predicted octanol–water partition coefficient (Wildman–Crippen LogP) is 4.19. The molecule has 1 aliphatic heterocycles. The second kappa shape index (κ2) is 14.0. The number of rotatable bonds is 12. The van der Waals surface area contributed by atoms with E-state index in [0.717, 1.165) is 45.1 Å². The average molecular weight is 450 g/mol. The lowest BCUT2D eigenvalue weighted by atomic mass is 9.95. The number of carbonyl (C=O) groups is 2. The van der Waals surface area contributed by atoms with Crippen LogP contribution >= 0.6 is 0 Å². The van der Waals surface area contributed by atoms with Gasteiger partial charge >= 0.3 is 12.2 Å². The Hall–Kier alpha value is -2.32. The molecule has 2 N–H and O–H groups in total. The summed E-state index contributed by atoms with van der Waals surface area (Å²) in [5.74, 6) is 0. The molecule has 1 aliphatic rings. The number of anilines is 1. The zero-order valence-corrected chi connectivity index (χ0v) is 19.8. The standard InChI is InChI=1S/C24H39N3O5/c1-4-5-9-20-10-12-21(13-11-20)26-23(29)31-19-24(14-6-7-17-32-24)18-30-22(28)25-15-8-16-27(2)3/h10-13H,4-9,14-19H2,1-3H3,(H,25,28)(H,26,29). The summed E-state index contributed by atoms with van der Waals surface area (Å²) in [5, 5.41) is 5.50. The maximum Gasteiger partial charge on any atom is 0.411 e. The van der Waals surface area contributed by atoms with Crippen molar-refractivity contribution >= 4 is 17.9 Å². The number of amides is 2. The molecule has 0 aliphatic carbocycles. The van der Waals surface area contributed by atoms with Gasteiger partial charge in [0, 0.05) is 18.8 Å². The number of nitrogens with zero attached hydrogens (tertiary/aromatic N) is 1. The molecule has 0 bridgehead atoms. The fourth-order valence-electron chi connectivity index (χ4n) is 3.50. The van der Waals surface area contributed by atoms with E-state index in [9.17, 15) is 9.59 Å². The van der Waals surface area contributed by atoms with Crippen molar-refractivity contribution in [2.75, 3.05) is 52.3 Å². The van der Waals surface area contributed by atoms with Crippen molar-refractivity contribution in [3.8, 4) is 0 Å². The Balaban J connectivity index is 1.78. The van der Waals surface area contributed by atoms with Crippen LogP contribution in [0.5, 0.6) is 0 Å². The second-order valence-corrected chi connectivity index (χ2v) is 8.65. The molecule has 0 aromatic heterocycles. The highest BCUT2D eigenvalue weighted by molar-refractivity contribution is 5.84. The third-order valence-corrected chi connectivity index (χ3v) is 5.44. The summed E-state index contributed by atoms with van der Waals surface area (Å²) in [7, 11) is 3.97. The smallest absolute Gasteiger partial charge is 0.411 e. The quantitative estimate of drug-likeness (QED) is 0.465. The Morgan fingerprint density at radius 1 is 1.06 bits per heavy atom. The number of carbonyl (C=O) groups excluding carboxylic acids is 2. The molecule has 0 spiro atoms. The molecule has 2 rings (SSSR count). The minimum absolute atomic E-state index is 0.0291. The molecule has 1 aromatic carbocycles. The fraction of sp³-hybridized carbons (Fsp3) is 0.667. The van der Waals surface area contributed by atoms with E-state index in [0.29, 0.717) is 25.3 Å². The van der Waals surface area contributed by atoms with Gasteiger partial charge in [0.05, 0.1) is 0 Å². The first kappa shape index (κ1) is 25.9. The van der Waals surface area contributed by atoms with E-state index < -0.39 is 17.8 Å². The van der Waals surface area contributed by atoms with Gasteiger partial charge < -0.3 is 24.4 Å². The number of benzene rings is 1. The summed E-state index contributed by atoms with van der Waals surface area (Å²) in [5.41, 5.74) is 1.13. The van der Waals surface area contributed by atoms with Crippen molar-refractivity contribution < 1.29 is 23.8 Å². The van der Waals surface area contributed by atoms with Crippen LogP contribution in [0.4, 0.5) is 15.3 Å². The van der Waals surface area contributed by atoms with Gasteiger partial charge in [-0.1, -0.05) is 25.5 Å². The van der Waals surface area contributed by atoms with Crippen LogP contribution in [0.2, 0.25) is 0 Å². The van der Waals surface area contributed by atoms with Crippen LogP contribution in [0, 0.1) is 0 Å². The van der Waals surface area contributed by atoms with Gasteiger partial charge in [-0.05, 0) is 76.9 Å². The number of hydrogen-bond acceptors (Lipinski definition) is 6. The zero-order valence-electron chi connectivity index (χ0n) is 19.8. The third kappa shape index (κ3) is 9.87. The molecule has 8 nitrogen and oxygen atoms in total. The Morgan fingerprint density at radius 3 is 2.41 bits per heavy atom. The summed E-state index contributed by atoms with van der Waals surface area (Å²) in [6.45, 7) is 4.22. The maximum atomic E-state index is 12.3. The maximum absolute atomic E-state index is 12.3. The minimum Gasteiger partial charge on any atom is -0.446 e. The van der Waals surface area contributed by atoms with Crippen molar-refractivity contribution in [2.45, 2.75) is 57.5 Å². The van der Waals surface area contributed by atoms with E-state index in [4.69, 9.17) is 14.2 Å². The van der Waals surface area contributed by atoms with E-state index in [1.165, 1.54) is 5.56 Å². The Morgan fingerprint density at radius 2 is 1.78 bits per heavy atom. The summed E-state index contributed by atoms with van der Waals surface area (Å²) in [6, 6.07) is 7.79. The van der Waals surface area contributed by atoms with E-state index in [1.54, 1.807) is 0 Å². The molecule has 1 aromatic rings. The molecule has 1 unspecified atom stereocenters. The molecule has 1 fully saturated rings. The molecule has 2 amide bonds. The van der Waals surface area contributed by atoms with Crippen molar-refractivity contribution in [1.82, 2.24) is 10.2 Å². The predicted molar refractivity (Wildman–Crippen MR) is 125 cm³/mol. The molecule has 0 saturated carbocycles. The topological polar surface area (TPSA) is 89.1 Å². The van der Waals surface area contributed by atoms with Gasteiger partial charge in [-0.3, -0.25) is 5.32 Å². The number of alkyl carbamates (subject to hydrolysis) is 1. The van der Waals surface area contributed by atoms with Crippen LogP contribution in [-0.2, 0) is 20.6 Å². The first-order chi connectivity index (χ1) is 15.4. The normalized spacial score (nSPS) is 18.2. The Labute approximate surface area is 192 Å². The lowest BCUT2D eigenvalue weighted by Crippen LogP contribution is -2.47. The average Bonchev–Trinajstić information content (AvgIpc) is 2.79. The minimum atomic E-state index is -0.805. The van der Waals surface area contributed by atoms with Gasteiger partial charge in [-0.15, -0.1) is 0 Å². The van der Waals surface area contributed by atoms with Gasteiger partial charge in [0.1, 0.15) is 18.8 Å². The zero-order chi connectivity index (χ0) is 23.2. The van der Waals surface area contributed by atoms with Crippen molar-refractivity contribution in [3.05, 3.63) is 29.8 Å². The van der Waals surface area contributed by atoms with E-state index in [-0.39, 0.29) is 13.2 Å². The van der Waals surface area contributed by atoms with Gasteiger partial charge in [-0.25, -0.2) is 9.59 Å². The van der Waals surface area contributed by atoms with Gasteiger partial charge in [0.25, 0.3) is 0 Å². The summed E-state index contributed by atoms with van der Waals surface area (Å²) < 4.78 is 16.7. The van der Waals surface area contributed by atoms with Crippen molar-refractivity contribution in [3.63, 3.8) is 0 Å². The second-order valence-electron chi connectivity index (χ2n) is 8.65. The Kier molecular flexibility index (Phi) is 11.3. The molecule has 1 atom stereocenters. The molecule has 180 valence electrons. The number of unbranched alkanes of at least 4 members (excludes halogenated alkanes) is 1. The van der Waals surface area contributed by atoms with Crippen LogP contribution in [0.15, 0.2) is 24.3 Å². The highest BCUT2D eigenvalue weighted by Gasteiger charge is 2.36. The van der Waals surface area contributed by atoms with Crippen molar-refractivity contribution in [2.24, 2.45) is 0 Å². The largest absolute Gasteiger partial charge is 0.446 e.